The fourth-order valence-corrected chi connectivity index (χ4v) is 3.68. The van der Waals surface area contributed by atoms with Crippen LogP contribution >= 0.6 is 0 Å². The lowest BCUT2D eigenvalue weighted by Gasteiger charge is -2.38. The van der Waals surface area contributed by atoms with Gasteiger partial charge < -0.3 is 14.5 Å². The Balaban J connectivity index is 1.58. The van der Waals surface area contributed by atoms with Gasteiger partial charge in [-0.1, -0.05) is 0 Å². The third kappa shape index (κ3) is 2.32. The average Bonchev–Trinajstić information content (AvgIpc) is 3.05. The molecule has 4 heteroatoms. The highest BCUT2D eigenvalue weighted by atomic mass is 16.5. The van der Waals surface area contributed by atoms with Crippen LogP contribution < -0.4 is 4.74 Å². The van der Waals surface area contributed by atoms with Gasteiger partial charge in [-0.25, -0.2) is 0 Å². The van der Waals surface area contributed by atoms with E-state index in [1.165, 1.54) is 35.9 Å². The van der Waals surface area contributed by atoms with Gasteiger partial charge in [-0.15, -0.1) is 0 Å². The molecule has 112 valence electrons. The Morgan fingerprint density at radius 3 is 3.05 bits per heavy atom. The summed E-state index contributed by atoms with van der Waals surface area (Å²) in [5, 5.41) is 1.30. The largest absolute Gasteiger partial charge is 0.497 e. The maximum Gasteiger partial charge on any atom is 0.119 e. The molecule has 0 amide bonds. The second kappa shape index (κ2) is 5.35. The van der Waals surface area contributed by atoms with E-state index in [4.69, 9.17) is 9.47 Å². The number of nitrogens with one attached hydrogen (secondary N) is 1. The number of ether oxygens (including phenoxy) is 2. The van der Waals surface area contributed by atoms with Gasteiger partial charge in [0.15, 0.2) is 0 Å². The van der Waals surface area contributed by atoms with Crippen LogP contribution in [0.1, 0.15) is 18.4 Å². The molecule has 1 aromatic carbocycles. The number of likely N-dealkylation sites (tertiary alicyclic amines) is 1. The summed E-state index contributed by atoms with van der Waals surface area (Å²) in [6.45, 7) is 3.06. The van der Waals surface area contributed by atoms with Gasteiger partial charge in [0.05, 0.1) is 26.4 Å². The Hall–Kier alpha value is -1.52. The molecule has 2 aliphatic rings. The highest BCUT2D eigenvalue weighted by molar-refractivity contribution is 5.84. The molecule has 1 atom stereocenters. The number of hydrogen-bond acceptors (Lipinski definition) is 3. The highest BCUT2D eigenvalue weighted by Gasteiger charge is 2.34. The fraction of sp³-hybridized carbons (Fsp3) is 0.529. The molecule has 1 N–H and O–H groups in total. The second-order valence-corrected chi connectivity index (χ2v) is 6.15. The molecule has 4 nitrogen and oxygen atoms in total. The number of aromatic amines is 1. The van der Waals surface area contributed by atoms with Gasteiger partial charge in [0.25, 0.3) is 0 Å². The zero-order valence-corrected chi connectivity index (χ0v) is 12.5. The summed E-state index contributed by atoms with van der Waals surface area (Å²) < 4.78 is 10.7. The van der Waals surface area contributed by atoms with Crippen molar-refractivity contribution in [1.82, 2.24) is 9.88 Å². The number of methoxy groups -OCH3 is 1. The Kier molecular flexibility index (Phi) is 3.36. The summed E-state index contributed by atoms with van der Waals surface area (Å²) in [6, 6.07) is 7.56. The molecule has 0 bridgehead atoms. The van der Waals surface area contributed by atoms with E-state index in [9.17, 15) is 0 Å². The molecule has 0 saturated carbocycles. The maximum atomic E-state index is 5.37. The van der Waals surface area contributed by atoms with Crippen LogP contribution in [0, 0.1) is 0 Å². The Morgan fingerprint density at radius 1 is 1.38 bits per heavy atom. The lowest BCUT2D eigenvalue weighted by Crippen LogP contribution is -2.51. The van der Waals surface area contributed by atoms with E-state index in [1.807, 2.05) is 6.07 Å². The standard InChI is InChI=1S/C17H22N2O2/c1-20-15-4-5-17-16(8-15)12(9-18-17)7-13-3-2-6-19(13)14-10-21-11-14/h4-5,8-9,13-14,18H,2-3,6-7,10-11H2,1H3/t13-/m1/s1. The minimum Gasteiger partial charge on any atom is -0.497 e. The summed E-state index contributed by atoms with van der Waals surface area (Å²) in [5.41, 5.74) is 2.60. The molecule has 2 fully saturated rings. The Morgan fingerprint density at radius 2 is 2.29 bits per heavy atom. The van der Waals surface area contributed by atoms with Crippen LogP contribution in [0.15, 0.2) is 24.4 Å². The van der Waals surface area contributed by atoms with E-state index >= 15 is 0 Å². The number of fused-ring (bicyclic) bond motifs is 1. The molecule has 1 aromatic heterocycles. The van der Waals surface area contributed by atoms with Gasteiger partial charge in [0, 0.05) is 23.1 Å². The van der Waals surface area contributed by atoms with E-state index < -0.39 is 0 Å². The second-order valence-electron chi connectivity index (χ2n) is 6.15. The molecule has 0 spiro atoms. The zero-order valence-electron chi connectivity index (χ0n) is 12.5. The molecule has 4 rings (SSSR count). The molecular weight excluding hydrogens is 264 g/mol. The van der Waals surface area contributed by atoms with Crippen molar-refractivity contribution in [3.05, 3.63) is 30.0 Å². The monoisotopic (exact) mass is 286 g/mol. The van der Waals surface area contributed by atoms with Crippen LogP contribution in [0.4, 0.5) is 0 Å². The smallest absolute Gasteiger partial charge is 0.119 e. The van der Waals surface area contributed by atoms with Crippen molar-refractivity contribution in [3.63, 3.8) is 0 Å². The minimum absolute atomic E-state index is 0.650. The maximum absolute atomic E-state index is 5.37. The number of hydrogen-bond donors (Lipinski definition) is 1. The Bertz CT molecular complexity index is 633. The van der Waals surface area contributed by atoms with E-state index in [2.05, 4.69) is 28.2 Å². The third-order valence-electron chi connectivity index (χ3n) is 4.94. The highest BCUT2D eigenvalue weighted by Crippen LogP contribution is 2.30. The predicted octanol–water partition coefficient (Wildman–Crippen LogP) is 2.58. The first-order valence-electron chi connectivity index (χ1n) is 7.82. The van der Waals surface area contributed by atoms with Crippen LogP contribution in [-0.2, 0) is 11.2 Å². The summed E-state index contributed by atoms with van der Waals surface area (Å²) >= 11 is 0. The number of benzene rings is 1. The first-order valence-corrected chi connectivity index (χ1v) is 7.82. The third-order valence-corrected chi connectivity index (χ3v) is 4.94. The zero-order chi connectivity index (χ0) is 14.2. The van der Waals surface area contributed by atoms with Crippen molar-refractivity contribution in [3.8, 4) is 5.75 Å². The van der Waals surface area contributed by atoms with E-state index in [0.717, 1.165) is 25.4 Å². The molecule has 3 heterocycles. The quantitative estimate of drug-likeness (QED) is 0.938. The van der Waals surface area contributed by atoms with E-state index in [-0.39, 0.29) is 0 Å². The van der Waals surface area contributed by atoms with Crippen molar-refractivity contribution in [2.75, 3.05) is 26.9 Å². The van der Waals surface area contributed by atoms with Crippen LogP contribution in [0.3, 0.4) is 0 Å². The number of rotatable bonds is 4. The van der Waals surface area contributed by atoms with Crippen LogP contribution in [0.5, 0.6) is 5.75 Å². The lowest BCUT2D eigenvalue weighted by atomic mass is 10.0. The molecule has 2 aliphatic heterocycles. The van der Waals surface area contributed by atoms with Crippen LogP contribution in [0.2, 0.25) is 0 Å². The minimum atomic E-state index is 0.650. The number of nitrogens with zero attached hydrogens (tertiary/aromatic N) is 1. The molecule has 0 radical (unpaired) electrons. The van der Waals surface area contributed by atoms with Gasteiger partial charge in [0.2, 0.25) is 0 Å². The fourth-order valence-electron chi connectivity index (χ4n) is 3.68. The molecule has 21 heavy (non-hydrogen) atoms. The van der Waals surface area contributed by atoms with Gasteiger partial charge in [-0.3, -0.25) is 4.90 Å². The normalized spacial score (nSPS) is 23.6. The van der Waals surface area contributed by atoms with E-state index in [1.54, 1.807) is 7.11 Å². The number of aromatic nitrogens is 1. The lowest BCUT2D eigenvalue weighted by molar-refractivity contribution is -0.0690. The van der Waals surface area contributed by atoms with Crippen molar-refractivity contribution in [2.45, 2.75) is 31.3 Å². The SMILES string of the molecule is COc1ccc2[nH]cc(C[C@H]3CCCN3C3COC3)c2c1. The average molecular weight is 286 g/mol. The van der Waals surface area contributed by atoms with Crippen molar-refractivity contribution >= 4 is 10.9 Å². The van der Waals surface area contributed by atoms with E-state index in [0.29, 0.717) is 12.1 Å². The van der Waals surface area contributed by atoms with Crippen LogP contribution in [-0.4, -0.2) is 48.8 Å². The molecule has 2 saturated heterocycles. The summed E-state index contributed by atoms with van der Waals surface area (Å²) in [6.07, 6.45) is 5.89. The number of H-pyrrole nitrogens is 1. The van der Waals surface area contributed by atoms with Gasteiger partial charge in [-0.05, 0) is 49.6 Å². The van der Waals surface area contributed by atoms with Gasteiger partial charge in [-0.2, -0.15) is 0 Å². The topological polar surface area (TPSA) is 37.5 Å². The van der Waals surface area contributed by atoms with Crippen LogP contribution in [0.25, 0.3) is 10.9 Å². The molecule has 0 aliphatic carbocycles. The van der Waals surface area contributed by atoms with Crippen molar-refractivity contribution in [2.24, 2.45) is 0 Å². The summed E-state index contributed by atoms with van der Waals surface area (Å²) in [4.78, 5) is 6.04. The first kappa shape index (κ1) is 13.2. The summed E-state index contributed by atoms with van der Waals surface area (Å²) in [7, 11) is 1.72. The molecule has 0 unspecified atom stereocenters. The molecular formula is C17H22N2O2. The van der Waals surface area contributed by atoms with Crippen molar-refractivity contribution < 1.29 is 9.47 Å². The van der Waals surface area contributed by atoms with Gasteiger partial charge >= 0.3 is 0 Å². The first-order chi connectivity index (χ1) is 10.3. The Labute approximate surface area is 125 Å². The van der Waals surface area contributed by atoms with Gasteiger partial charge in [0.1, 0.15) is 5.75 Å². The summed E-state index contributed by atoms with van der Waals surface area (Å²) in [5.74, 6) is 0.930. The molecule has 2 aromatic rings. The predicted molar refractivity (Wildman–Crippen MR) is 82.9 cm³/mol. The van der Waals surface area contributed by atoms with Crippen molar-refractivity contribution in [1.29, 1.82) is 0 Å².